The number of Topliss-reactive ketones (excluding diaryl/α,β-unsaturated/α-hetero) is 3. The molecule has 0 fully saturated rings. The molecule has 0 bridgehead atoms. The van der Waals surface area contributed by atoms with Gasteiger partial charge in [-0.15, -0.1) is 0 Å². The molecule has 5 N–H and O–H groups in total. The van der Waals surface area contributed by atoms with Crippen LogP contribution in [0.2, 0.25) is 0 Å². The van der Waals surface area contributed by atoms with Gasteiger partial charge < -0.3 is 26.6 Å². The molecule has 0 saturated heterocycles. The Labute approximate surface area is 289 Å². The van der Waals surface area contributed by atoms with Crippen molar-refractivity contribution in [3.8, 4) is 0 Å². The van der Waals surface area contributed by atoms with E-state index in [-0.39, 0.29) is 86.4 Å². The van der Waals surface area contributed by atoms with Gasteiger partial charge in [-0.2, -0.15) is 0 Å². The van der Waals surface area contributed by atoms with E-state index in [4.69, 9.17) is 5.73 Å². The number of nitrogens with two attached hydrogens (primary N) is 1. The van der Waals surface area contributed by atoms with Gasteiger partial charge in [0.15, 0.2) is 23.1 Å². The van der Waals surface area contributed by atoms with E-state index in [9.17, 15) is 38.4 Å². The summed E-state index contributed by atoms with van der Waals surface area (Å²) in [6.07, 6.45) is 12.3. The zero-order chi connectivity index (χ0) is 36.6. The Morgan fingerprint density at radius 2 is 1.59 bits per heavy atom. The number of rotatable bonds is 27. The summed E-state index contributed by atoms with van der Waals surface area (Å²) in [4.78, 5) is 99.2. The predicted molar refractivity (Wildman–Crippen MR) is 186 cm³/mol. The van der Waals surface area contributed by atoms with Gasteiger partial charge in [0.2, 0.25) is 23.6 Å². The fraction of sp³-hybridized carbons (Fsp3) is 0.556. The van der Waals surface area contributed by atoms with Gasteiger partial charge in [0, 0.05) is 58.2 Å². The van der Waals surface area contributed by atoms with E-state index in [0.29, 0.717) is 57.4 Å². The molecule has 13 nitrogen and oxygen atoms in total. The molecule has 0 aromatic heterocycles. The lowest BCUT2D eigenvalue weighted by Gasteiger charge is -2.19. The molecule has 1 rings (SSSR count). The smallest absolute Gasteiger partial charge is 0.221 e. The highest BCUT2D eigenvalue weighted by Crippen LogP contribution is 2.23. The Bertz CT molecular complexity index is 1290. The molecule has 4 amide bonds. The fourth-order valence-corrected chi connectivity index (χ4v) is 5.02. The first-order chi connectivity index (χ1) is 23.4. The van der Waals surface area contributed by atoms with E-state index in [0.717, 1.165) is 0 Å². The van der Waals surface area contributed by atoms with Crippen LogP contribution >= 0.6 is 0 Å². The Kier molecular flexibility index (Phi) is 21.3. The number of hydrogen-bond acceptors (Lipinski definition) is 9. The molecule has 0 aliphatic heterocycles. The molecule has 0 aromatic rings. The second-order valence-electron chi connectivity index (χ2n) is 11.9. The summed E-state index contributed by atoms with van der Waals surface area (Å²) in [6, 6.07) is -0.891. The molecule has 1 unspecified atom stereocenters. The van der Waals surface area contributed by atoms with Gasteiger partial charge in [0.05, 0.1) is 18.5 Å². The number of ketones is 4. The molecule has 0 saturated carbocycles. The molecular formula is C36H53N5O8. The summed E-state index contributed by atoms with van der Waals surface area (Å²) >= 11 is 0. The number of carbonyl (C=O) groups excluding carboxylic acids is 8. The van der Waals surface area contributed by atoms with Crippen molar-refractivity contribution >= 4 is 46.8 Å². The van der Waals surface area contributed by atoms with Crippen LogP contribution in [0.5, 0.6) is 0 Å². The minimum atomic E-state index is -0.891. The lowest BCUT2D eigenvalue weighted by Crippen LogP contribution is -2.41. The number of likely N-dealkylation sites (N-methyl/N-ethyl adjacent to an activating group) is 1. The van der Waals surface area contributed by atoms with Gasteiger partial charge in [-0.3, -0.25) is 38.4 Å². The molecule has 270 valence electrons. The first kappa shape index (κ1) is 42.5. The van der Waals surface area contributed by atoms with Gasteiger partial charge in [0.1, 0.15) is 0 Å². The zero-order valence-corrected chi connectivity index (χ0v) is 28.9. The Balaban J connectivity index is 2.42. The summed E-state index contributed by atoms with van der Waals surface area (Å²) in [6.45, 7) is 8.99. The highest BCUT2D eigenvalue weighted by atomic mass is 16.2. The molecule has 49 heavy (non-hydrogen) atoms. The van der Waals surface area contributed by atoms with Crippen molar-refractivity contribution < 1.29 is 38.4 Å². The fourth-order valence-electron chi connectivity index (χ4n) is 5.02. The van der Waals surface area contributed by atoms with Crippen LogP contribution in [0.25, 0.3) is 0 Å². The first-order valence-corrected chi connectivity index (χ1v) is 17.0. The number of nitrogens with one attached hydrogen (secondary N) is 3. The van der Waals surface area contributed by atoms with Crippen LogP contribution in [0.15, 0.2) is 48.6 Å². The number of primary amides is 1. The van der Waals surface area contributed by atoms with E-state index in [2.05, 4.69) is 22.5 Å². The summed E-state index contributed by atoms with van der Waals surface area (Å²) in [5, 5.41) is 7.97. The van der Waals surface area contributed by atoms with Crippen molar-refractivity contribution in [1.29, 1.82) is 0 Å². The van der Waals surface area contributed by atoms with E-state index < -0.39 is 23.8 Å². The molecule has 1 aliphatic carbocycles. The van der Waals surface area contributed by atoms with E-state index in [1.807, 2.05) is 11.8 Å². The third-order valence-electron chi connectivity index (χ3n) is 7.98. The quantitative estimate of drug-likeness (QED) is 0.0567. The van der Waals surface area contributed by atoms with Crippen molar-refractivity contribution in [3.05, 3.63) is 48.6 Å². The van der Waals surface area contributed by atoms with Gasteiger partial charge in [0.25, 0.3) is 0 Å². The van der Waals surface area contributed by atoms with Crippen LogP contribution in [0, 0.1) is 5.92 Å². The minimum Gasteiger partial charge on any atom is -0.370 e. The van der Waals surface area contributed by atoms with E-state index in [1.165, 1.54) is 6.08 Å². The highest BCUT2D eigenvalue weighted by Gasteiger charge is 2.31. The van der Waals surface area contributed by atoms with Crippen molar-refractivity contribution in [2.24, 2.45) is 11.7 Å². The summed E-state index contributed by atoms with van der Waals surface area (Å²) in [5.74, 6) is -3.07. The number of unbranched alkanes of at least 4 members (excludes halogenated alkanes) is 2. The summed E-state index contributed by atoms with van der Waals surface area (Å²) in [5.41, 5.74) is 5.68. The monoisotopic (exact) mass is 683 g/mol. The van der Waals surface area contributed by atoms with Crippen LogP contribution < -0.4 is 21.7 Å². The Hall–Kier alpha value is -4.52. The third-order valence-corrected chi connectivity index (χ3v) is 7.98. The average molecular weight is 684 g/mol. The van der Waals surface area contributed by atoms with Crippen LogP contribution in [0.4, 0.5) is 0 Å². The summed E-state index contributed by atoms with van der Waals surface area (Å²) in [7, 11) is 0. The third kappa shape index (κ3) is 19.2. The molecule has 1 aliphatic rings. The number of allylic oxidation sites excluding steroid dienone is 6. The topological polar surface area (TPSA) is 202 Å². The molecule has 0 radical (unpaired) electrons. The maximum absolute atomic E-state index is 13.0. The number of carbonyl (C=O) groups is 8. The SMILES string of the molecule is C=C/C=C\C=C\C[C@H](NC(=O)CCC(=O)CNC(=O)CCCCCC1C(=O)C=C(C)C1=O)C(=O)CCC(=O)NCCN(CC)CCC(N)=O. The van der Waals surface area contributed by atoms with Gasteiger partial charge >= 0.3 is 0 Å². The van der Waals surface area contributed by atoms with Crippen LogP contribution in [-0.4, -0.2) is 90.4 Å². The predicted octanol–water partition coefficient (Wildman–Crippen LogP) is 1.95. The lowest BCUT2D eigenvalue weighted by molar-refractivity contribution is -0.130. The van der Waals surface area contributed by atoms with Crippen LogP contribution in [0.1, 0.15) is 84.5 Å². The molecule has 0 aromatic carbocycles. The number of hydrogen-bond donors (Lipinski definition) is 4. The second kappa shape index (κ2) is 24.6. The van der Waals surface area contributed by atoms with Crippen molar-refractivity contribution in [2.75, 3.05) is 32.7 Å². The zero-order valence-electron chi connectivity index (χ0n) is 28.9. The minimum absolute atomic E-state index is 0.0616. The normalized spacial score (nSPS) is 15.0. The maximum atomic E-state index is 13.0. The van der Waals surface area contributed by atoms with Crippen molar-refractivity contribution in [3.63, 3.8) is 0 Å². The Morgan fingerprint density at radius 3 is 2.24 bits per heavy atom. The van der Waals surface area contributed by atoms with Crippen molar-refractivity contribution in [1.82, 2.24) is 20.9 Å². The van der Waals surface area contributed by atoms with E-state index >= 15 is 0 Å². The maximum Gasteiger partial charge on any atom is 0.221 e. The number of nitrogens with zero attached hydrogens (tertiary/aromatic N) is 1. The lowest BCUT2D eigenvalue weighted by atomic mass is 9.96. The van der Waals surface area contributed by atoms with Gasteiger partial charge in [-0.05, 0) is 44.4 Å². The molecule has 0 heterocycles. The van der Waals surface area contributed by atoms with Gasteiger partial charge in [-0.1, -0.05) is 56.7 Å². The van der Waals surface area contributed by atoms with Crippen LogP contribution in [0.3, 0.4) is 0 Å². The Morgan fingerprint density at radius 1 is 0.878 bits per heavy atom. The van der Waals surface area contributed by atoms with Gasteiger partial charge in [-0.25, -0.2) is 0 Å². The molecule has 2 atom stereocenters. The second-order valence-corrected chi connectivity index (χ2v) is 11.9. The average Bonchev–Trinajstić information content (AvgIpc) is 3.31. The standard InChI is InChI=1S/C36H53N5O8/c1-4-6-7-8-11-14-29(30(43)17-19-34(47)38-21-23-41(5-2)22-20-32(37)45)40-35(48)18-16-27(42)25-39-33(46)15-12-9-10-13-28-31(44)24-26(3)36(28)49/h4,6-8,11,24,28-29H,1,5,9-10,12-23,25H2,2-3H3,(H2,37,45)(H,38,47)(H,39,46)(H,40,48)/b7-6-,11-8+/t28?,29-/m0/s1. The summed E-state index contributed by atoms with van der Waals surface area (Å²) < 4.78 is 0. The van der Waals surface area contributed by atoms with Crippen molar-refractivity contribution in [2.45, 2.75) is 90.5 Å². The molecular weight excluding hydrogens is 630 g/mol. The number of amides is 4. The first-order valence-electron chi connectivity index (χ1n) is 17.0. The molecule has 13 heteroatoms. The van der Waals surface area contributed by atoms with E-state index in [1.54, 1.807) is 37.3 Å². The molecule has 0 spiro atoms. The largest absolute Gasteiger partial charge is 0.370 e. The van der Waals surface area contributed by atoms with Crippen LogP contribution in [-0.2, 0) is 38.4 Å². The highest BCUT2D eigenvalue weighted by molar-refractivity contribution is 6.21.